The number of benzene rings is 1. The van der Waals surface area contributed by atoms with Crippen LogP contribution in [0.5, 0.6) is 0 Å². The van der Waals surface area contributed by atoms with Gasteiger partial charge in [-0.3, -0.25) is 0 Å². The number of hydrogen-bond acceptors (Lipinski definition) is 4. The Morgan fingerprint density at radius 2 is 2.05 bits per heavy atom. The third-order valence-electron chi connectivity index (χ3n) is 2.61. The first-order valence-corrected chi connectivity index (χ1v) is 7.84. The topological polar surface area (TPSA) is 92.4 Å². The normalized spacial score (nSPS) is 13.8. The maximum absolute atomic E-state index is 13.8. The van der Waals surface area contributed by atoms with Gasteiger partial charge in [0.2, 0.25) is 10.0 Å². The fraction of sp³-hybridized carbons (Fsp3) is 0.455. The zero-order chi connectivity index (χ0) is 14.8. The zero-order valence-electron chi connectivity index (χ0n) is 10.5. The van der Waals surface area contributed by atoms with Gasteiger partial charge in [-0.05, 0) is 34.0 Å². The van der Waals surface area contributed by atoms with Gasteiger partial charge < -0.3 is 10.8 Å². The largest absolute Gasteiger partial charge is 0.399 e. The molecule has 0 unspecified atom stereocenters. The highest BCUT2D eigenvalue weighted by atomic mass is 79.9. The van der Waals surface area contributed by atoms with Crippen molar-refractivity contribution in [3.63, 3.8) is 0 Å². The summed E-state index contributed by atoms with van der Waals surface area (Å²) in [5.41, 5.74) is 5.63. The minimum atomic E-state index is -4.09. The average molecular weight is 355 g/mol. The molecule has 1 aromatic rings. The quantitative estimate of drug-likeness (QED) is 0.698. The minimum Gasteiger partial charge on any atom is -0.399 e. The lowest BCUT2D eigenvalue weighted by Crippen LogP contribution is -2.41. The predicted molar refractivity (Wildman–Crippen MR) is 74.5 cm³/mol. The van der Waals surface area contributed by atoms with Crippen LogP contribution in [0.15, 0.2) is 21.5 Å². The van der Waals surface area contributed by atoms with E-state index in [4.69, 9.17) is 10.8 Å². The maximum Gasteiger partial charge on any atom is 0.243 e. The van der Waals surface area contributed by atoms with E-state index in [-0.39, 0.29) is 22.7 Å². The second-order valence-corrected chi connectivity index (χ2v) is 7.01. The van der Waals surface area contributed by atoms with E-state index in [0.29, 0.717) is 0 Å². The smallest absolute Gasteiger partial charge is 0.243 e. The van der Waals surface area contributed by atoms with Gasteiger partial charge in [0.15, 0.2) is 5.82 Å². The summed E-state index contributed by atoms with van der Waals surface area (Å²) in [6.45, 7) is 3.12. The molecule has 0 fully saturated rings. The molecule has 0 aliphatic heterocycles. The highest BCUT2D eigenvalue weighted by Crippen LogP contribution is 2.26. The van der Waals surface area contributed by atoms with E-state index in [2.05, 4.69) is 20.7 Å². The van der Waals surface area contributed by atoms with Crippen LogP contribution in [-0.4, -0.2) is 26.2 Å². The molecule has 0 radical (unpaired) electrons. The molecule has 0 amide bonds. The molecule has 0 saturated carbocycles. The number of rotatable bonds is 5. The van der Waals surface area contributed by atoms with Gasteiger partial charge in [0.1, 0.15) is 4.90 Å². The fourth-order valence-corrected chi connectivity index (χ4v) is 3.54. The van der Waals surface area contributed by atoms with Gasteiger partial charge in [-0.1, -0.05) is 13.8 Å². The van der Waals surface area contributed by atoms with Crippen LogP contribution in [0.2, 0.25) is 0 Å². The summed E-state index contributed by atoms with van der Waals surface area (Å²) in [7, 11) is -4.09. The van der Waals surface area contributed by atoms with E-state index in [9.17, 15) is 12.8 Å². The molecule has 19 heavy (non-hydrogen) atoms. The third-order valence-corrected chi connectivity index (χ3v) is 4.68. The predicted octanol–water partition coefficient (Wildman–Crippen LogP) is 1.47. The van der Waals surface area contributed by atoms with Crippen LogP contribution >= 0.6 is 15.9 Å². The van der Waals surface area contributed by atoms with Gasteiger partial charge in [0, 0.05) is 11.7 Å². The average Bonchev–Trinajstić information content (AvgIpc) is 2.30. The van der Waals surface area contributed by atoms with Crippen molar-refractivity contribution in [3.05, 3.63) is 22.4 Å². The Bertz CT molecular complexity index is 563. The number of hydrogen-bond donors (Lipinski definition) is 3. The van der Waals surface area contributed by atoms with Crippen molar-refractivity contribution in [3.8, 4) is 0 Å². The highest BCUT2D eigenvalue weighted by Gasteiger charge is 2.26. The number of anilines is 1. The molecule has 1 rings (SSSR count). The number of nitrogens with one attached hydrogen (secondary N) is 1. The molecule has 0 aromatic heterocycles. The summed E-state index contributed by atoms with van der Waals surface area (Å²) in [6, 6.07) is 1.63. The number of aliphatic hydroxyl groups is 1. The van der Waals surface area contributed by atoms with Crippen LogP contribution in [0.4, 0.5) is 10.1 Å². The second-order valence-electron chi connectivity index (χ2n) is 4.47. The van der Waals surface area contributed by atoms with Crippen LogP contribution < -0.4 is 10.5 Å². The van der Waals surface area contributed by atoms with E-state index >= 15 is 0 Å². The van der Waals surface area contributed by atoms with E-state index in [1.54, 1.807) is 13.8 Å². The molecule has 108 valence electrons. The van der Waals surface area contributed by atoms with Crippen LogP contribution in [-0.2, 0) is 10.0 Å². The Kier molecular flexibility index (Phi) is 5.31. The van der Waals surface area contributed by atoms with Crippen molar-refractivity contribution >= 4 is 31.6 Å². The van der Waals surface area contributed by atoms with Gasteiger partial charge in [0.05, 0.1) is 11.1 Å². The Labute approximate surface area is 120 Å². The first-order valence-electron chi connectivity index (χ1n) is 5.56. The van der Waals surface area contributed by atoms with Crippen molar-refractivity contribution in [2.75, 3.05) is 12.3 Å². The number of sulfonamides is 1. The van der Waals surface area contributed by atoms with Gasteiger partial charge in [0.25, 0.3) is 0 Å². The van der Waals surface area contributed by atoms with Gasteiger partial charge in [-0.2, -0.15) is 0 Å². The lowest BCUT2D eigenvalue weighted by Gasteiger charge is -2.20. The molecular weight excluding hydrogens is 339 g/mol. The standard InChI is InChI=1S/C11H16BrFN2O3S/c1-6(2)9(5-16)15-19(17,18)10-4-7(14)3-8(12)11(10)13/h3-4,6,9,15-16H,5,14H2,1-2H3/t9-/m1/s1. The van der Waals surface area contributed by atoms with Crippen molar-refractivity contribution < 1.29 is 17.9 Å². The lowest BCUT2D eigenvalue weighted by atomic mass is 10.1. The fourth-order valence-electron chi connectivity index (χ4n) is 1.43. The second kappa shape index (κ2) is 6.17. The van der Waals surface area contributed by atoms with Crippen LogP contribution in [0.3, 0.4) is 0 Å². The molecule has 5 nitrogen and oxygen atoms in total. The molecule has 1 aromatic carbocycles. The molecule has 0 spiro atoms. The van der Waals surface area contributed by atoms with Crippen LogP contribution in [0.25, 0.3) is 0 Å². The Morgan fingerprint density at radius 3 is 2.53 bits per heavy atom. The summed E-state index contributed by atoms with van der Waals surface area (Å²) in [5, 5.41) is 9.13. The number of aliphatic hydroxyl groups excluding tert-OH is 1. The summed E-state index contributed by atoms with van der Waals surface area (Å²) >= 11 is 2.90. The SMILES string of the molecule is CC(C)[C@@H](CO)NS(=O)(=O)c1cc(N)cc(Br)c1F. The summed E-state index contributed by atoms with van der Waals surface area (Å²) < 4.78 is 40.3. The van der Waals surface area contributed by atoms with Crippen LogP contribution in [0.1, 0.15) is 13.8 Å². The van der Waals surface area contributed by atoms with E-state index in [0.717, 1.165) is 6.07 Å². The highest BCUT2D eigenvalue weighted by molar-refractivity contribution is 9.10. The number of nitrogen functional groups attached to an aromatic ring is 1. The number of nitrogens with two attached hydrogens (primary N) is 1. The molecular formula is C11H16BrFN2O3S. The summed E-state index contributed by atoms with van der Waals surface area (Å²) in [4.78, 5) is -0.543. The Hall–Kier alpha value is -0.700. The molecule has 0 saturated heterocycles. The first-order chi connectivity index (χ1) is 8.69. The first kappa shape index (κ1) is 16.4. The molecule has 1 atom stereocenters. The van der Waals surface area contributed by atoms with Gasteiger partial charge in [-0.25, -0.2) is 17.5 Å². The van der Waals surface area contributed by atoms with Crippen molar-refractivity contribution in [1.82, 2.24) is 4.72 Å². The van der Waals surface area contributed by atoms with E-state index < -0.39 is 26.8 Å². The maximum atomic E-state index is 13.8. The van der Waals surface area contributed by atoms with Crippen LogP contribution in [0, 0.1) is 11.7 Å². The van der Waals surface area contributed by atoms with Crippen molar-refractivity contribution in [2.24, 2.45) is 5.92 Å². The zero-order valence-corrected chi connectivity index (χ0v) is 12.9. The molecule has 8 heteroatoms. The van der Waals surface area contributed by atoms with E-state index in [1.165, 1.54) is 6.07 Å². The summed E-state index contributed by atoms with van der Waals surface area (Å²) in [6.07, 6.45) is 0. The van der Waals surface area contributed by atoms with Crippen molar-refractivity contribution in [1.29, 1.82) is 0 Å². The Morgan fingerprint density at radius 1 is 1.47 bits per heavy atom. The molecule has 0 heterocycles. The molecule has 0 aliphatic carbocycles. The Balaban J connectivity index is 3.21. The van der Waals surface area contributed by atoms with Gasteiger partial charge in [-0.15, -0.1) is 0 Å². The molecule has 0 bridgehead atoms. The molecule has 4 N–H and O–H groups in total. The van der Waals surface area contributed by atoms with E-state index in [1.807, 2.05) is 0 Å². The minimum absolute atomic E-state index is 0.0297. The third kappa shape index (κ3) is 3.88. The molecule has 0 aliphatic rings. The number of halogens is 2. The van der Waals surface area contributed by atoms with Crippen molar-refractivity contribution in [2.45, 2.75) is 24.8 Å². The lowest BCUT2D eigenvalue weighted by molar-refractivity contribution is 0.227. The van der Waals surface area contributed by atoms with Gasteiger partial charge >= 0.3 is 0 Å². The monoisotopic (exact) mass is 354 g/mol. The summed E-state index contributed by atoms with van der Waals surface area (Å²) in [5.74, 6) is -1.05.